The van der Waals surface area contributed by atoms with E-state index < -0.39 is 0 Å². The number of benzene rings is 1. The van der Waals surface area contributed by atoms with Crippen molar-refractivity contribution in [2.75, 3.05) is 13.2 Å². The average molecular weight is 304 g/mol. The van der Waals surface area contributed by atoms with Gasteiger partial charge in [-0.3, -0.25) is 4.79 Å². The summed E-state index contributed by atoms with van der Waals surface area (Å²) in [5, 5.41) is 4.21. The Balaban J connectivity index is 1.81. The van der Waals surface area contributed by atoms with Gasteiger partial charge in [0, 0.05) is 5.71 Å². The van der Waals surface area contributed by atoms with Crippen LogP contribution in [-0.4, -0.2) is 24.8 Å². The molecule has 1 aromatic rings. The van der Waals surface area contributed by atoms with E-state index in [1.807, 2.05) is 25.1 Å². The topological polar surface area (TPSA) is 59.9 Å². The van der Waals surface area contributed by atoms with Crippen LogP contribution in [0.4, 0.5) is 0 Å². The highest BCUT2D eigenvalue weighted by atomic mass is 16.5. The molecule has 0 saturated heterocycles. The van der Waals surface area contributed by atoms with Crippen LogP contribution in [0.25, 0.3) is 0 Å². The van der Waals surface area contributed by atoms with E-state index in [9.17, 15) is 4.79 Å². The van der Waals surface area contributed by atoms with Crippen LogP contribution in [0.3, 0.4) is 0 Å². The van der Waals surface area contributed by atoms with Crippen molar-refractivity contribution in [2.45, 2.75) is 39.5 Å². The van der Waals surface area contributed by atoms with Crippen LogP contribution in [0.1, 0.15) is 39.5 Å². The SMILES string of the molecule is CCOc1ccccc1OCC(=O)N/N=C1/CCC[C@@H](C)C1. The van der Waals surface area contributed by atoms with Gasteiger partial charge in [-0.25, -0.2) is 5.43 Å². The van der Waals surface area contributed by atoms with Gasteiger partial charge < -0.3 is 9.47 Å². The summed E-state index contributed by atoms with van der Waals surface area (Å²) in [4.78, 5) is 11.8. The maximum atomic E-state index is 11.8. The molecule has 1 aromatic carbocycles. The molecule has 22 heavy (non-hydrogen) atoms. The molecular formula is C17H24N2O3. The van der Waals surface area contributed by atoms with E-state index in [0.29, 0.717) is 24.0 Å². The van der Waals surface area contributed by atoms with Crippen LogP contribution in [0.15, 0.2) is 29.4 Å². The average Bonchev–Trinajstić information content (AvgIpc) is 2.52. The van der Waals surface area contributed by atoms with Crippen LogP contribution in [0, 0.1) is 5.92 Å². The highest BCUT2D eigenvalue weighted by Gasteiger charge is 2.14. The van der Waals surface area contributed by atoms with Gasteiger partial charge in [-0.05, 0) is 50.7 Å². The van der Waals surface area contributed by atoms with Gasteiger partial charge in [0.25, 0.3) is 5.91 Å². The summed E-state index contributed by atoms with van der Waals surface area (Å²) < 4.78 is 11.0. The van der Waals surface area contributed by atoms with Crippen molar-refractivity contribution in [3.05, 3.63) is 24.3 Å². The van der Waals surface area contributed by atoms with E-state index in [4.69, 9.17) is 9.47 Å². The molecule has 1 aliphatic carbocycles. The number of hydrogen-bond donors (Lipinski definition) is 1. The largest absolute Gasteiger partial charge is 0.490 e. The number of rotatable bonds is 6. The predicted molar refractivity (Wildman–Crippen MR) is 86.3 cm³/mol. The Bertz CT molecular complexity index is 528. The molecule has 0 aliphatic heterocycles. The van der Waals surface area contributed by atoms with Gasteiger partial charge in [0.15, 0.2) is 18.1 Å². The smallest absolute Gasteiger partial charge is 0.277 e. The van der Waals surface area contributed by atoms with Gasteiger partial charge in [0.05, 0.1) is 6.61 Å². The molecule has 5 heteroatoms. The van der Waals surface area contributed by atoms with Crippen molar-refractivity contribution < 1.29 is 14.3 Å². The number of para-hydroxylation sites is 2. The standard InChI is InChI=1S/C17H24N2O3/c1-3-21-15-9-4-5-10-16(15)22-12-17(20)19-18-14-8-6-7-13(2)11-14/h4-5,9-10,13H,3,6-8,11-12H2,1-2H3,(H,19,20)/b18-14-/t13-/m1/s1. The first-order valence-corrected chi connectivity index (χ1v) is 7.88. The molecule has 1 amide bonds. The lowest BCUT2D eigenvalue weighted by atomic mass is 9.89. The first-order chi connectivity index (χ1) is 10.7. The van der Waals surface area contributed by atoms with Gasteiger partial charge in [-0.2, -0.15) is 5.10 Å². The third-order valence-electron chi connectivity index (χ3n) is 3.59. The fourth-order valence-electron chi connectivity index (χ4n) is 2.52. The molecule has 0 aromatic heterocycles. The van der Waals surface area contributed by atoms with E-state index in [1.165, 1.54) is 6.42 Å². The second-order valence-electron chi connectivity index (χ2n) is 5.58. The number of amides is 1. The maximum Gasteiger partial charge on any atom is 0.277 e. The molecule has 1 saturated carbocycles. The van der Waals surface area contributed by atoms with Crippen LogP contribution >= 0.6 is 0 Å². The highest BCUT2D eigenvalue weighted by molar-refractivity contribution is 5.87. The third-order valence-corrected chi connectivity index (χ3v) is 3.59. The monoisotopic (exact) mass is 304 g/mol. The Morgan fingerprint density at radius 1 is 1.32 bits per heavy atom. The van der Waals surface area contributed by atoms with E-state index in [2.05, 4.69) is 17.5 Å². The quantitative estimate of drug-likeness (QED) is 0.821. The molecule has 0 radical (unpaired) electrons. The summed E-state index contributed by atoms with van der Waals surface area (Å²) in [6.07, 6.45) is 4.32. The number of nitrogens with one attached hydrogen (secondary N) is 1. The summed E-state index contributed by atoms with van der Waals surface area (Å²) in [7, 11) is 0. The van der Waals surface area contributed by atoms with E-state index in [-0.39, 0.29) is 12.5 Å². The Hall–Kier alpha value is -2.04. The normalized spacial score (nSPS) is 19.7. The molecule has 1 aliphatic rings. The summed E-state index contributed by atoms with van der Waals surface area (Å²) in [6, 6.07) is 7.32. The number of nitrogens with zero attached hydrogens (tertiary/aromatic N) is 1. The second-order valence-corrected chi connectivity index (χ2v) is 5.58. The van der Waals surface area contributed by atoms with Crippen molar-refractivity contribution in [3.8, 4) is 11.5 Å². The highest BCUT2D eigenvalue weighted by Crippen LogP contribution is 2.26. The van der Waals surface area contributed by atoms with Crippen LogP contribution in [0.2, 0.25) is 0 Å². The molecule has 0 spiro atoms. The zero-order valence-corrected chi connectivity index (χ0v) is 13.3. The molecule has 1 N–H and O–H groups in total. The Morgan fingerprint density at radius 3 is 2.73 bits per heavy atom. The first-order valence-electron chi connectivity index (χ1n) is 7.88. The lowest BCUT2D eigenvalue weighted by Crippen LogP contribution is -2.27. The zero-order chi connectivity index (χ0) is 15.8. The number of ether oxygens (including phenoxy) is 2. The fraction of sp³-hybridized carbons (Fsp3) is 0.529. The van der Waals surface area contributed by atoms with Crippen molar-refractivity contribution in [1.29, 1.82) is 0 Å². The zero-order valence-electron chi connectivity index (χ0n) is 13.3. The van der Waals surface area contributed by atoms with Crippen molar-refractivity contribution in [2.24, 2.45) is 11.0 Å². The summed E-state index contributed by atoms with van der Waals surface area (Å²) in [6.45, 7) is 4.60. The first kappa shape index (κ1) is 16.3. The number of hydrazone groups is 1. The number of hydrogen-bond acceptors (Lipinski definition) is 4. The fourth-order valence-corrected chi connectivity index (χ4v) is 2.52. The number of carbonyl (C=O) groups is 1. The molecule has 0 unspecified atom stereocenters. The predicted octanol–water partition coefficient (Wildman–Crippen LogP) is 3.15. The lowest BCUT2D eigenvalue weighted by molar-refractivity contribution is -0.123. The molecule has 5 nitrogen and oxygen atoms in total. The van der Waals surface area contributed by atoms with E-state index in [1.54, 1.807) is 6.07 Å². The molecule has 0 bridgehead atoms. The van der Waals surface area contributed by atoms with Crippen molar-refractivity contribution in [1.82, 2.24) is 5.43 Å². The van der Waals surface area contributed by atoms with Crippen LogP contribution < -0.4 is 14.9 Å². The maximum absolute atomic E-state index is 11.8. The third kappa shape index (κ3) is 5.06. The minimum absolute atomic E-state index is 0.0730. The Morgan fingerprint density at radius 2 is 2.05 bits per heavy atom. The second kappa shape index (κ2) is 8.41. The Labute approximate surface area is 131 Å². The molecule has 0 heterocycles. The molecule has 1 fully saturated rings. The van der Waals surface area contributed by atoms with E-state index in [0.717, 1.165) is 25.0 Å². The minimum Gasteiger partial charge on any atom is -0.490 e. The lowest BCUT2D eigenvalue weighted by Gasteiger charge is -2.19. The minimum atomic E-state index is -0.253. The van der Waals surface area contributed by atoms with Gasteiger partial charge in [0.1, 0.15) is 0 Å². The molecule has 1 atom stereocenters. The van der Waals surface area contributed by atoms with Gasteiger partial charge >= 0.3 is 0 Å². The van der Waals surface area contributed by atoms with Gasteiger partial charge in [-0.15, -0.1) is 0 Å². The molecular weight excluding hydrogens is 280 g/mol. The van der Waals surface area contributed by atoms with Gasteiger partial charge in [0.2, 0.25) is 0 Å². The summed E-state index contributed by atoms with van der Waals surface area (Å²) in [5.74, 6) is 1.61. The van der Waals surface area contributed by atoms with Gasteiger partial charge in [-0.1, -0.05) is 19.1 Å². The Kier molecular flexibility index (Phi) is 6.25. The van der Waals surface area contributed by atoms with E-state index >= 15 is 0 Å². The molecule has 2 rings (SSSR count). The molecule has 120 valence electrons. The summed E-state index contributed by atoms with van der Waals surface area (Å²) in [5.41, 5.74) is 3.65. The van der Waals surface area contributed by atoms with Crippen LogP contribution in [0.5, 0.6) is 11.5 Å². The van der Waals surface area contributed by atoms with Crippen molar-refractivity contribution >= 4 is 11.6 Å². The summed E-state index contributed by atoms with van der Waals surface area (Å²) >= 11 is 0. The van der Waals surface area contributed by atoms with Crippen LogP contribution in [-0.2, 0) is 4.79 Å². The van der Waals surface area contributed by atoms with Crippen molar-refractivity contribution in [3.63, 3.8) is 0 Å². The number of carbonyl (C=O) groups excluding carboxylic acids is 1.